The van der Waals surface area contributed by atoms with E-state index in [9.17, 15) is 0 Å². The molecular weight excluding hydrogens is 228 g/mol. The summed E-state index contributed by atoms with van der Waals surface area (Å²) in [5.41, 5.74) is 1.22. The molecule has 1 saturated heterocycles. The van der Waals surface area contributed by atoms with Gasteiger partial charge in [0.15, 0.2) is 0 Å². The Bertz CT molecular complexity index is 395. The number of methoxy groups -OCH3 is 2. The maximum absolute atomic E-state index is 5.43. The predicted molar refractivity (Wildman–Crippen MR) is 72.3 cm³/mol. The van der Waals surface area contributed by atoms with Gasteiger partial charge in [0.2, 0.25) is 0 Å². The summed E-state index contributed by atoms with van der Waals surface area (Å²) >= 11 is 0. The van der Waals surface area contributed by atoms with Crippen LogP contribution in [0.2, 0.25) is 0 Å². The second-order valence-electron chi connectivity index (χ2n) is 4.69. The average molecular weight is 250 g/mol. The molecule has 1 aliphatic rings. The van der Waals surface area contributed by atoms with Crippen molar-refractivity contribution in [2.45, 2.75) is 19.0 Å². The number of likely N-dealkylation sites (N-methyl/N-ethyl adjacent to an activating group) is 1. The SMILES string of the molecule is CNC1CCN(Cc2ccc(OC)cc2OC)C1. The normalized spacial score (nSPS) is 20.1. The zero-order valence-corrected chi connectivity index (χ0v) is 11.4. The fourth-order valence-electron chi connectivity index (χ4n) is 2.44. The minimum absolute atomic E-state index is 0.620. The molecule has 0 aliphatic carbocycles. The first-order valence-corrected chi connectivity index (χ1v) is 6.37. The molecule has 0 spiro atoms. The molecule has 1 heterocycles. The highest BCUT2D eigenvalue weighted by Crippen LogP contribution is 2.26. The largest absolute Gasteiger partial charge is 0.497 e. The summed E-state index contributed by atoms with van der Waals surface area (Å²) in [4.78, 5) is 2.45. The van der Waals surface area contributed by atoms with Crippen molar-refractivity contribution in [1.82, 2.24) is 10.2 Å². The zero-order valence-electron chi connectivity index (χ0n) is 11.4. The lowest BCUT2D eigenvalue weighted by Gasteiger charge is -2.18. The second-order valence-corrected chi connectivity index (χ2v) is 4.69. The minimum Gasteiger partial charge on any atom is -0.497 e. The van der Waals surface area contributed by atoms with Crippen LogP contribution in [-0.4, -0.2) is 45.3 Å². The number of nitrogens with zero attached hydrogens (tertiary/aromatic N) is 1. The first-order chi connectivity index (χ1) is 8.76. The summed E-state index contributed by atoms with van der Waals surface area (Å²) in [6.07, 6.45) is 1.22. The predicted octanol–water partition coefficient (Wildman–Crippen LogP) is 1.50. The minimum atomic E-state index is 0.620. The van der Waals surface area contributed by atoms with E-state index in [-0.39, 0.29) is 0 Å². The Morgan fingerprint density at radius 3 is 2.78 bits per heavy atom. The first kappa shape index (κ1) is 13.2. The van der Waals surface area contributed by atoms with E-state index in [0.717, 1.165) is 31.1 Å². The fraction of sp³-hybridized carbons (Fsp3) is 0.571. The third-order valence-corrected chi connectivity index (χ3v) is 3.57. The summed E-state index contributed by atoms with van der Waals surface area (Å²) < 4.78 is 10.6. The Labute approximate surface area is 109 Å². The fourth-order valence-corrected chi connectivity index (χ4v) is 2.44. The summed E-state index contributed by atoms with van der Waals surface area (Å²) in [6, 6.07) is 6.64. The standard InChI is InChI=1S/C14H22N2O2/c1-15-12-6-7-16(10-12)9-11-4-5-13(17-2)8-14(11)18-3/h4-5,8,12,15H,6-7,9-10H2,1-3H3. The third kappa shape index (κ3) is 2.94. The molecule has 100 valence electrons. The number of likely N-dealkylation sites (tertiary alicyclic amines) is 1. The molecule has 1 atom stereocenters. The molecule has 0 amide bonds. The highest BCUT2D eigenvalue weighted by molar-refractivity contribution is 5.40. The topological polar surface area (TPSA) is 33.7 Å². The van der Waals surface area contributed by atoms with Gasteiger partial charge in [0, 0.05) is 37.3 Å². The number of nitrogens with one attached hydrogen (secondary N) is 1. The zero-order chi connectivity index (χ0) is 13.0. The van der Waals surface area contributed by atoms with E-state index >= 15 is 0 Å². The van der Waals surface area contributed by atoms with Crippen molar-refractivity contribution < 1.29 is 9.47 Å². The number of rotatable bonds is 5. The van der Waals surface area contributed by atoms with Crippen molar-refractivity contribution in [3.63, 3.8) is 0 Å². The molecule has 4 heteroatoms. The van der Waals surface area contributed by atoms with Crippen LogP contribution in [0, 0.1) is 0 Å². The van der Waals surface area contributed by atoms with Crippen molar-refractivity contribution in [3.05, 3.63) is 23.8 Å². The summed E-state index contributed by atoms with van der Waals surface area (Å²) in [6.45, 7) is 3.18. The van der Waals surface area contributed by atoms with E-state index in [1.807, 2.05) is 19.2 Å². The lowest BCUT2D eigenvalue weighted by atomic mass is 10.2. The van der Waals surface area contributed by atoms with Crippen molar-refractivity contribution >= 4 is 0 Å². The van der Waals surface area contributed by atoms with Crippen LogP contribution < -0.4 is 14.8 Å². The average Bonchev–Trinajstić information content (AvgIpc) is 2.87. The number of hydrogen-bond acceptors (Lipinski definition) is 4. The summed E-state index contributed by atoms with van der Waals surface area (Å²) in [7, 11) is 5.41. The van der Waals surface area contributed by atoms with Crippen molar-refractivity contribution in [3.8, 4) is 11.5 Å². The molecule has 0 bridgehead atoms. The Morgan fingerprint density at radius 1 is 1.33 bits per heavy atom. The quantitative estimate of drug-likeness (QED) is 0.858. The Balaban J connectivity index is 2.05. The van der Waals surface area contributed by atoms with Gasteiger partial charge in [-0.2, -0.15) is 0 Å². The lowest BCUT2D eigenvalue weighted by Crippen LogP contribution is -2.29. The smallest absolute Gasteiger partial charge is 0.127 e. The molecule has 0 radical (unpaired) electrons. The van der Waals surface area contributed by atoms with Crippen molar-refractivity contribution in [2.75, 3.05) is 34.4 Å². The van der Waals surface area contributed by atoms with E-state index in [1.165, 1.54) is 12.0 Å². The van der Waals surface area contributed by atoms with E-state index in [0.29, 0.717) is 6.04 Å². The number of benzene rings is 1. The Hall–Kier alpha value is -1.26. The van der Waals surface area contributed by atoms with Gasteiger partial charge in [-0.15, -0.1) is 0 Å². The van der Waals surface area contributed by atoms with Gasteiger partial charge >= 0.3 is 0 Å². The molecule has 4 nitrogen and oxygen atoms in total. The molecule has 1 aromatic rings. The maximum atomic E-state index is 5.43. The van der Waals surface area contributed by atoms with Crippen molar-refractivity contribution in [1.29, 1.82) is 0 Å². The van der Waals surface area contributed by atoms with Crippen LogP contribution in [0.4, 0.5) is 0 Å². The van der Waals surface area contributed by atoms with E-state index < -0.39 is 0 Å². The van der Waals surface area contributed by atoms with Gasteiger partial charge in [-0.1, -0.05) is 6.07 Å². The van der Waals surface area contributed by atoms with Crippen LogP contribution >= 0.6 is 0 Å². The Kier molecular flexibility index (Phi) is 4.44. The summed E-state index contributed by atoms with van der Waals surface area (Å²) in [5, 5.41) is 3.33. The van der Waals surface area contributed by atoms with E-state index in [1.54, 1.807) is 14.2 Å². The van der Waals surface area contributed by atoms with E-state index in [4.69, 9.17) is 9.47 Å². The monoisotopic (exact) mass is 250 g/mol. The molecule has 1 aromatic carbocycles. The third-order valence-electron chi connectivity index (χ3n) is 3.57. The number of hydrogen-bond donors (Lipinski definition) is 1. The molecule has 18 heavy (non-hydrogen) atoms. The highest BCUT2D eigenvalue weighted by Gasteiger charge is 2.21. The van der Waals surface area contributed by atoms with Gasteiger partial charge in [-0.05, 0) is 19.5 Å². The van der Waals surface area contributed by atoms with Crippen LogP contribution in [0.1, 0.15) is 12.0 Å². The lowest BCUT2D eigenvalue weighted by molar-refractivity contribution is 0.312. The highest BCUT2D eigenvalue weighted by atomic mass is 16.5. The summed E-state index contributed by atoms with van der Waals surface area (Å²) in [5.74, 6) is 1.74. The van der Waals surface area contributed by atoms with Gasteiger partial charge in [-0.3, -0.25) is 4.90 Å². The second kappa shape index (κ2) is 6.07. The van der Waals surface area contributed by atoms with Gasteiger partial charge in [0.05, 0.1) is 14.2 Å². The Morgan fingerprint density at radius 2 is 2.17 bits per heavy atom. The molecule has 1 fully saturated rings. The molecular formula is C14H22N2O2. The number of ether oxygens (including phenoxy) is 2. The van der Waals surface area contributed by atoms with Gasteiger partial charge in [0.1, 0.15) is 11.5 Å². The van der Waals surface area contributed by atoms with Crippen LogP contribution in [0.5, 0.6) is 11.5 Å². The van der Waals surface area contributed by atoms with Gasteiger partial charge < -0.3 is 14.8 Å². The maximum Gasteiger partial charge on any atom is 0.127 e. The van der Waals surface area contributed by atoms with Crippen LogP contribution in [-0.2, 0) is 6.54 Å². The molecule has 1 N–H and O–H groups in total. The first-order valence-electron chi connectivity index (χ1n) is 6.37. The molecule has 1 unspecified atom stereocenters. The van der Waals surface area contributed by atoms with Crippen LogP contribution in [0.15, 0.2) is 18.2 Å². The molecule has 1 aliphatic heterocycles. The van der Waals surface area contributed by atoms with Gasteiger partial charge in [0.25, 0.3) is 0 Å². The molecule has 0 aromatic heterocycles. The molecule has 2 rings (SSSR count). The van der Waals surface area contributed by atoms with Crippen LogP contribution in [0.3, 0.4) is 0 Å². The van der Waals surface area contributed by atoms with Gasteiger partial charge in [-0.25, -0.2) is 0 Å². The molecule has 0 saturated carbocycles. The van der Waals surface area contributed by atoms with Crippen molar-refractivity contribution in [2.24, 2.45) is 0 Å². The van der Waals surface area contributed by atoms with E-state index in [2.05, 4.69) is 16.3 Å². The van der Waals surface area contributed by atoms with Crippen LogP contribution in [0.25, 0.3) is 0 Å².